The van der Waals surface area contributed by atoms with Crippen LogP contribution in [-0.2, 0) is 33.1 Å². The molecule has 0 fully saturated rings. The van der Waals surface area contributed by atoms with E-state index >= 15 is 0 Å². The van der Waals surface area contributed by atoms with E-state index < -0.39 is 20.0 Å². The first kappa shape index (κ1) is 22.2. The Kier molecular flexibility index (Phi) is 6.72. The number of sulfonamides is 2. The van der Waals surface area contributed by atoms with Crippen LogP contribution in [0, 0.1) is 0 Å². The Bertz CT molecular complexity index is 1080. The van der Waals surface area contributed by atoms with Gasteiger partial charge in [0.25, 0.3) is 0 Å². The minimum atomic E-state index is -3.74. The summed E-state index contributed by atoms with van der Waals surface area (Å²) < 4.78 is 53.8. The van der Waals surface area contributed by atoms with Crippen molar-refractivity contribution in [3.63, 3.8) is 0 Å². The van der Waals surface area contributed by atoms with Gasteiger partial charge in [-0.25, -0.2) is 16.8 Å². The Hall–Kier alpha value is -2.52. The summed E-state index contributed by atoms with van der Waals surface area (Å²) in [5.74, 6) is 0. The zero-order valence-electron chi connectivity index (χ0n) is 16.8. The molecule has 0 atom stereocenters. The Morgan fingerprint density at radius 1 is 0.533 bits per heavy atom. The summed E-state index contributed by atoms with van der Waals surface area (Å²) in [5.41, 5.74) is 1.73. The van der Waals surface area contributed by atoms with Gasteiger partial charge in [0.05, 0.1) is 9.79 Å². The summed E-state index contributed by atoms with van der Waals surface area (Å²) in [6, 6.07) is 23.9. The summed E-state index contributed by atoms with van der Waals surface area (Å²) in [7, 11) is -4.49. The monoisotopic (exact) mass is 444 g/mol. The van der Waals surface area contributed by atoms with Crippen molar-refractivity contribution in [2.75, 3.05) is 14.1 Å². The number of rotatable bonds is 8. The Morgan fingerprint density at radius 3 is 1.13 bits per heavy atom. The van der Waals surface area contributed by atoms with Crippen molar-refractivity contribution in [3.05, 3.63) is 96.1 Å². The molecule has 0 unspecified atom stereocenters. The van der Waals surface area contributed by atoms with Gasteiger partial charge in [-0.05, 0) is 35.4 Å². The fraction of sp³-hybridized carbons (Fsp3) is 0.182. The van der Waals surface area contributed by atoms with Gasteiger partial charge in [0, 0.05) is 27.2 Å². The van der Waals surface area contributed by atoms with Crippen molar-refractivity contribution in [1.29, 1.82) is 0 Å². The molecule has 0 aliphatic carbocycles. The summed E-state index contributed by atoms with van der Waals surface area (Å²) in [5, 5.41) is 0. The molecule has 0 aromatic heterocycles. The molecule has 0 saturated heterocycles. The van der Waals surface area contributed by atoms with Gasteiger partial charge in [-0.15, -0.1) is 0 Å². The zero-order chi connectivity index (χ0) is 21.8. The minimum absolute atomic E-state index is 0.0468. The lowest BCUT2D eigenvalue weighted by atomic mass is 10.2. The number of hydrogen-bond acceptors (Lipinski definition) is 4. The first-order valence-electron chi connectivity index (χ1n) is 9.32. The van der Waals surface area contributed by atoms with Gasteiger partial charge >= 0.3 is 0 Å². The van der Waals surface area contributed by atoms with E-state index in [9.17, 15) is 16.8 Å². The van der Waals surface area contributed by atoms with E-state index in [1.54, 1.807) is 0 Å². The van der Waals surface area contributed by atoms with Crippen LogP contribution in [0.5, 0.6) is 0 Å². The second kappa shape index (κ2) is 9.09. The summed E-state index contributed by atoms with van der Waals surface area (Å²) in [4.78, 5) is 0.0937. The van der Waals surface area contributed by atoms with Crippen LogP contribution in [0.3, 0.4) is 0 Å². The van der Waals surface area contributed by atoms with Gasteiger partial charge in [0.15, 0.2) is 0 Å². The lowest BCUT2D eigenvalue weighted by Gasteiger charge is -2.19. The second-order valence-electron chi connectivity index (χ2n) is 6.96. The molecule has 6 nitrogen and oxygen atoms in total. The Labute approximate surface area is 178 Å². The normalized spacial score (nSPS) is 12.4. The maximum atomic E-state index is 12.8. The molecule has 30 heavy (non-hydrogen) atoms. The third kappa shape index (κ3) is 4.96. The highest BCUT2D eigenvalue weighted by Gasteiger charge is 2.24. The van der Waals surface area contributed by atoms with Gasteiger partial charge in [-0.3, -0.25) is 0 Å². The van der Waals surface area contributed by atoms with Crippen LogP contribution in [0.4, 0.5) is 0 Å². The van der Waals surface area contributed by atoms with Crippen molar-refractivity contribution >= 4 is 20.0 Å². The van der Waals surface area contributed by atoms with E-state index in [0.717, 1.165) is 11.1 Å². The lowest BCUT2D eigenvalue weighted by molar-refractivity contribution is 0.464. The number of nitrogens with zero attached hydrogens (tertiary/aromatic N) is 2. The van der Waals surface area contributed by atoms with E-state index in [0.29, 0.717) is 0 Å². The average molecular weight is 445 g/mol. The van der Waals surface area contributed by atoms with Crippen LogP contribution < -0.4 is 0 Å². The zero-order valence-corrected chi connectivity index (χ0v) is 18.5. The minimum Gasteiger partial charge on any atom is -0.207 e. The molecule has 0 saturated carbocycles. The summed E-state index contributed by atoms with van der Waals surface area (Å²) >= 11 is 0. The van der Waals surface area contributed by atoms with Gasteiger partial charge in [0.1, 0.15) is 0 Å². The SMILES string of the molecule is CN(Cc1ccccc1)S(=O)(=O)c1ccc(S(=O)(=O)N(C)Cc2ccccc2)cc1. The van der Waals surface area contributed by atoms with Crippen molar-refractivity contribution in [1.82, 2.24) is 8.61 Å². The Morgan fingerprint density at radius 2 is 0.833 bits per heavy atom. The average Bonchev–Trinajstić information content (AvgIpc) is 2.75. The molecule has 0 bridgehead atoms. The topological polar surface area (TPSA) is 74.8 Å². The third-order valence-electron chi connectivity index (χ3n) is 4.74. The summed E-state index contributed by atoms with van der Waals surface area (Å²) in [6.45, 7) is 0.450. The predicted octanol–water partition coefficient (Wildman–Crippen LogP) is 3.33. The van der Waals surface area contributed by atoms with Gasteiger partial charge in [-0.1, -0.05) is 60.7 Å². The predicted molar refractivity (Wildman–Crippen MR) is 117 cm³/mol. The second-order valence-corrected chi connectivity index (χ2v) is 11.1. The first-order chi connectivity index (χ1) is 14.2. The molecule has 0 aliphatic heterocycles. The van der Waals surface area contributed by atoms with Crippen LogP contribution in [0.15, 0.2) is 94.7 Å². The third-order valence-corrected chi connectivity index (χ3v) is 8.37. The number of hydrogen-bond donors (Lipinski definition) is 0. The van der Waals surface area contributed by atoms with Crippen LogP contribution in [-0.4, -0.2) is 39.5 Å². The molecule has 8 heteroatoms. The van der Waals surface area contributed by atoms with Crippen LogP contribution in [0.2, 0.25) is 0 Å². The molecule has 0 amide bonds. The maximum Gasteiger partial charge on any atom is 0.243 e. The highest BCUT2D eigenvalue weighted by molar-refractivity contribution is 7.89. The maximum absolute atomic E-state index is 12.8. The fourth-order valence-electron chi connectivity index (χ4n) is 2.99. The first-order valence-corrected chi connectivity index (χ1v) is 12.2. The molecular weight excluding hydrogens is 420 g/mol. The van der Waals surface area contributed by atoms with E-state index in [1.807, 2.05) is 60.7 Å². The van der Waals surface area contributed by atoms with Crippen LogP contribution in [0.1, 0.15) is 11.1 Å². The van der Waals surface area contributed by atoms with E-state index in [1.165, 1.54) is 47.0 Å². The van der Waals surface area contributed by atoms with Crippen molar-refractivity contribution in [2.45, 2.75) is 22.9 Å². The molecule has 0 N–H and O–H groups in total. The quantitative estimate of drug-likeness (QED) is 0.534. The largest absolute Gasteiger partial charge is 0.243 e. The lowest BCUT2D eigenvalue weighted by Crippen LogP contribution is -2.27. The van der Waals surface area contributed by atoms with Crippen molar-refractivity contribution in [3.8, 4) is 0 Å². The highest BCUT2D eigenvalue weighted by atomic mass is 32.2. The van der Waals surface area contributed by atoms with Gasteiger partial charge in [-0.2, -0.15) is 8.61 Å². The van der Waals surface area contributed by atoms with E-state index in [4.69, 9.17) is 0 Å². The molecular formula is C22H24N2O4S2. The highest BCUT2D eigenvalue weighted by Crippen LogP contribution is 2.22. The molecule has 0 aliphatic rings. The number of benzene rings is 3. The molecule has 3 aromatic carbocycles. The van der Waals surface area contributed by atoms with E-state index in [2.05, 4.69) is 0 Å². The summed E-state index contributed by atoms with van der Waals surface area (Å²) in [6.07, 6.45) is 0. The van der Waals surface area contributed by atoms with Crippen LogP contribution in [0.25, 0.3) is 0 Å². The Balaban J connectivity index is 1.77. The smallest absolute Gasteiger partial charge is 0.207 e. The molecule has 0 heterocycles. The fourth-order valence-corrected chi connectivity index (χ4v) is 5.31. The standard InChI is InChI=1S/C22H24N2O4S2/c1-23(17-19-9-5-3-6-10-19)29(25,26)21-13-15-22(16-14-21)30(27,28)24(2)18-20-11-7-4-8-12-20/h3-16H,17-18H2,1-2H3. The van der Waals surface area contributed by atoms with E-state index in [-0.39, 0.29) is 22.9 Å². The van der Waals surface area contributed by atoms with Gasteiger partial charge in [0.2, 0.25) is 20.0 Å². The van der Waals surface area contributed by atoms with Crippen molar-refractivity contribution < 1.29 is 16.8 Å². The van der Waals surface area contributed by atoms with Crippen molar-refractivity contribution in [2.24, 2.45) is 0 Å². The molecule has 3 rings (SSSR count). The van der Waals surface area contributed by atoms with Crippen LogP contribution >= 0.6 is 0 Å². The van der Waals surface area contributed by atoms with Gasteiger partial charge < -0.3 is 0 Å². The molecule has 3 aromatic rings. The molecule has 0 radical (unpaired) electrons. The molecule has 158 valence electrons. The molecule has 0 spiro atoms.